The molecule has 70 valence electrons. The van der Waals surface area contributed by atoms with Gasteiger partial charge in [-0.15, -0.1) is 0 Å². The van der Waals surface area contributed by atoms with Crippen LogP contribution in [0.4, 0.5) is 4.79 Å². The molecule has 1 fully saturated rings. The van der Waals surface area contributed by atoms with Crippen molar-refractivity contribution in [2.45, 2.75) is 6.10 Å². The molecule has 0 radical (unpaired) electrons. The summed E-state index contributed by atoms with van der Waals surface area (Å²) in [6.45, 7) is 0.428. The molecule has 0 bridgehead atoms. The third-order valence-corrected chi connectivity index (χ3v) is 2.11. The second-order valence-corrected chi connectivity index (χ2v) is 2.97. The van der Waals surface area contributed by atoms with Gasteiger partial charge in [-0.1, -0.05) is 18.2 Å². The number of alkyl carbamates (subject to hydrolysis) is 1. The van der Waals surface area contributed by atoms with Crippen LogP contribution in [0.3, 0.4) is 0 Å². The number of hydrogen-bond donors (Lipinski definition) is 1. The van der Waals surface area contributed by atoms with Gasteiger partial charge in [0, 0.05) is 5.56 Å². The van der Waals surface area contributed by atoms with Gasteiger partial charge in [0.1, 0.15) is 6.10 Å². The molecule has 2 rings (SSSR count). The minimum absolute atomic E-state index is 0.335. The third-order valence-electron chi connectivity index (χ3n) is 2.11. The Morgan fingerprint density at radius 1 is 1.50 bits per heavy atom. The topological polar surface area (TPSA) is 62.1 Å². The third kappa shape index (κ3) is 1.40. The van der Waals surface area contributed by atoms with Crippen molar-refractivity contribution in [3.63, 3.8) is 0 Å². The van der Waals surface area contributed by atoms with E-state index in [1.54, 1.807) is 18.2 Å². The molecule has 1 aromatic carbocycles. The van der Waals surface area contributed by atoms with Crippen LogP contribution in [0.1, 0.15) is 17.2 Å². The lowest BCUT2D eigenvalue weighted by Crippen LogP contribution is -2.12. The summed E-state index contributed by atoms with van der Waals surface area (Å²) in [6, 6.07) is 9.18. The van der Waals surface area contributed by atoms with Crippen LogP contribution in [0.5, 0.6) is 0 Å². The zero-order chi connectivity index (χ0) is 9.97. The highest BCUT2D eigenvalue weighted by molar-refractivity contribution is 5.70. The van der Waals surface area contributed by atoms with Crippen LogP contribution in [-0.4, -0.2) is 12.6 Å². The van der Waals surface area contributed by atoms with E-state index in [0.29, 0.717) is 12.1 Å². The van der Waals surface area contributed by atoms with Crippen LogP contribution in [0.2, 0.25) is 0 Å². The first-order valence-electron chi connectivity index (χ1n) is 4.25. The van der Waals surface area contributed by atoms with E-state index in [-0.39, 0.29) is 6.10 Å². The lowest BCUT2D eigenvalue weighted by molar-refractivity contribution is 0.141. The SMILES string of the molecule is N#Cc1ccccc1C1CNC(=O)O1. The molecule has 14 heavy (non-hydrogen) atoms. The van der Waals surface area contributed by atoms with Crippen LogP contribution in [-0.2, 0) is 4.74 Å². The van der Waals surface area contributed by atoms with E-state index in [4.69, 9.17) is 10.00 Å². The van der Waals surface area contributed by atoms with Gasteiger partial charge in [-0.3, -0.25) is 0 Å². The monoisotopic (exact) mass is 188 g/mol. The number of cyclic esters (lactones) is 1. The fourth-order valence-electron chi connectivity index (χ4n) is 1.44. The zero-order valence-corrected chi connectivity index (χ0v) is 7.36. The number of hydrogen-bond acceptors (Lipinski definition) is 3. The fourth-order valence-corrected chi connectivity index (χ4v) is 1.44. The molecule has 4 heteroatoms. The van der Waals surface area contributed by atoms with Gasteiger partial charge in [0.25, 0.3) is 0 Å². The predicted octanol–water partition coefficient (Wildman–Crippen LogP) is 1.34. The Balaban J connectivity index is 2.33. The number of benzene rings is 1. The molecular formula is C10H8N2O2. The molecule has 0 spiro atoms. The zero-order valence-electron chi connectivity index (χ0n) is 7.36. The first-order chi connectivity index (χ1) is 6.81. The molecule has 1 aliphatic rings. The first kappa shape index (κ1) is 8.57. The van der Waals surface area contributed by atoms with E-state index in [1.165, 1.54) is 0 Å². The second-order valence-electron chi connectivity index (χ2n) is 2.97. The molecule has 1 aliphatic heterocycles. The van der Waals surface area contributed by atoms with Gasteiger partial charge in [-0.25, -0.2) is 4.79 Å². The van der Waals surface area contributed by atoms with Crippen molar-refractivity contribution in [3.8, 4) is 6.07 Å². The lowest BCUT2D eigenvalue weighted by Gasteiger charge is -2.08. The highest BCUT2D eigenvalue weighted by Crippen LogP contribution is 2.23. The summed E-state index contributed by atoms with van der Waals surface area (Å²) in [6.07, 6.45) is -0.763. The van der Waals surface area contributed by atoms with Crippen molar-refractivity contribution in [1.82, 2.24) is 5.32 Å². The molecule has 1 unspecified atom stereocenters. The summed E-state index contributed by atoms with van der Waals surface area (Å²) in [5.74, 6) is 0. The van der Waals surface area contributed by atoms with Crippen molar-refractivity contribution in [3.05, 3.63) is 35.4 Å². The average molecular weight is 188 g/mol. The maximum absolute atomic E-state index is 10.8. The standard InChI is InChI=1S/C10H8N2O2/c11-5-7-3-1-2-4-8(7)9-6-12-10(13)14-9/h1-4,9H,6H2,(H,12,13). The van der Waals surface area contributed by atoms with Crippen molar-refractivity contribution in [2.24, 2.45) is 0 Å². The van der Waals surface area contributed by atoms with Gasteiger partial charge in [0.2, 0.25) is 0 Å². The smallest absolute Gasteiger partial charge is 0.407 e. The summed E-state index contributed by atoms with van der Waals surface area (Å²) in [5, 5.41) is 11.4. The minimum Gasteiger partial charge on any atom is -0.439 e. The molecule has 1 heterocycles. The van der Waals surface area contributed by atoms with Gasteiger partial charge in [-0.05, 0) is 6.07 Å². The number of amides is 1. The Hall–Kier alpha value is -2.02. The normalized spacial score (nSPS) is 19.6. The Bertz CT molecular complexity index is 409. The van der Waals surface area contributed by atoms with Crippen molar-refractivity contribution < 1.29 is 9.53 Å². The molecule has 0 saturated carbocycles. The van der Waals surface area contributed by atoms with Gasteiger partial charge in [0.05, 0.1) is 18.2 Å². The summed E-state index contributed by atoms with van der Waals surface area (Å²) < 4.78 is 4.99. The molecule has 1 aromatic rings. The number of nitriles is 1. The number of nitrogens with zero attached hydrogens (tertiary/aromatic N) is 1. The van der Waals surface area contributed by atoms with E-state index >= 15 is 0 Å². The summed E-state index contributed by atoms with van der Waals surface area (Å²) in [7, 11) is 0. The highest BCUT2D eigenvalue weighted by Gasteiger charge is 2.25. The second kappa shape index (κ2) is 3.38. The van der Waals surface area contributed by atoms with Crippen molar-refractivity contribution in [1.29, 1.82) is 5.26 Å². The van der Waals surface area contributed by atoms with Crippen molar-refractivity contribution in [2.75, 3.05) is 6.54 Å². The fraction of sp³-hybridized carbons (Fsp3) is 0.200. The number of nitrogens with one attached hydrogen (secondary N) is 1. The lowest BCUT2D eigenvalue weighted by atomic mass is 10.0. The predicted molar refractivity (Wildman–Crippen MR) is 48.4 cm³/mol. The minimum atomic E-state index is -0.428. The maximum Gasteiger partial charge on any atom is 0.407 e. The van der Waals surface area contributed by atoms with E-state index in [1.807, 2.05) is 6.07 Å². The van der Waals surface area contributed by atoms with Gasteiger partial charge < -0.3 is 10.1 Å². The molecule has 4 nitrogen and oxygen atoms in total. The van der Waals surface area contributed by atoms with E-state index < -0.39 is 6.09 Å². The summed E-state index contributed by atoms with van der Waals surface area (Å²) >= 11 is 0. The number of carbonyl (C=O) groups is 1. The Morgan fingerprint density at radius 3 is 2.93 bits per heavy atom. The van der Waals surface area contributed by atoms with E-state index in [9.17, 15) is 4.79 Å². The molecule has 0 aromatic heterocycles. The van der Waals surface area contributed by atoms with Crippen LogP contribution < -0.4 is 5.32 Å². The van der Waals surface area contributed by atoms with Crippen molar-refractivity contribution >= 4 is 6.09 Å². The highest BCUT2D eigenvalue weighted by atomic mass is 16.6. The summed E-state index contributed by atoms with van der Waals surface area (Å²) in [5.41, 5.74) is 1.31. The van der Waals surface area contributed by atoms with Crippen LogP contribution in [0, 0.1) is 11.3 Å². The Kier molecular flexibility index (Phi) is 2.07. The molecule has 1 saturated heterocycles. The molecule has 1 atom stereocenters. The molecular weight excluding hydrogens is 180 g/mol. The molecule has 0 aliphatic carbocycles. The van der Waals surface area contributed by atoms with E-state index in [0.717, 1.165) is 5.56 Å². The average Bonchev–Trinajstić information content (AvgIpc) is 2.65. The Labute approximate surface area is 81.1 Å². The number of rotatable bonds is 1. The number of ether oxygens (including phenoxy) is 1. The largest absolute Gasteiger partial charge is 0.439 e. The molecule has 1 N–H and O–H groups in total. The summed E-state index contributed by atoms with van der Waals surface area (Å²) in [4.78, 5) is 10.8. The van der Waals surface area contributed by atoms with Gasteiger partial charge in [0.15, 0.2) is 0 Å². The van der Waals surface area contributed by atoms with Gasteiger partial charge in [-0.2, -0.15) is 5.26 Å². The van der Waals surface area contributed by atoms with Crippen LogP contribution in [0.15, 0.2) is 24.3 Å². The van der Waals surface area contributed by atoms with Crippen LogP contribution in [0.25, 0.3) is 0 Å². The first-order valence-corrected chi connectivity index (χ1v) is 4.25. The van der Waals surface area contributed by atoms with E-state index in [2.05, 4.69) is 11.4 Å². The maximum atomic E-state index is 10.8. The molecule has 1 amide bonds. The van der Waals surface area contributed by atoms with Crippen LogP contribution >= 0.6 is 0 Å². The Morgan fingerprint density at radius 2 is 2.29 bits per heavy atom. The quantitative estimate of drug-likeness (QED) is 0.723. The number of carbonyl (C=O) groups excluding carboxylic acids is 1. The van der Waals surface area contributed by atoms with Gasteiger partial charge >= 0.3 is 6.09 Å².